The zero-order valence-electron chi connectivity index (χ0n) is 6.49. The van der Waals surface area contributed by atoms with E-state index in [1.54, 1.807) is 6.20 Å². The molecule has 0 N–H and O–H groups in total. The number of benzene rings is 1. The first-order chi connectivity index (χ1) is 5.92. The molecule has 0 aliphatic heterocycles. The van der Waals surface area contributed by atoms with Gasteiger partial charge in [-0.2, -0.15) is 0 Å². The van der Waals surface area contributed by atoms with E-state index in [2.05, 4.69) is 10.9 Å². The molecular formula is C11H7N. The number of rotatable bonds is 0. The van der Waals surface area contributed by atoms with Crippen molar-refractivity contribution in [3.63, 3.8) is 0 Å². The molecule has 1 heteroatoms. The fourth-order valence-corrected chi connectivity index (χ4v) is 1.22. The number of para-hydroxylation sites is 1. The summed E-state index contributed by atoms with van der Waals surface area (Å²) in [5.74, 6) is 2.63. The number of aromatic nitrogens is 1. The van der Waals surface area contributed by atoms with E-state index < -0.39 is 0 Å². The molecule has 0 aliphatic carbocycles. The predicted molar refractivity (Wildman–Crippen MR) is 49.7 cm³/mol. The summed E-state index contributed by atoms with van der Waals surface area (Å²) >= 11 is 0. The number of terminal acetylenes is 1. The third-order valence-corrected chi connectivity index (χ3v) is 1.80. The second kappa shape index (κ2) is 2.67. The summed E-state index contributed by atoms with van der Waals surface area (Å²) in [6.45, 7) is 0. The van der Waals surface area contributed by atoms with Crippen LogP contribution in [0.3, 0.4) is 0 Å². The van der Waals surface area contributed by atoms with Crippen LogP contribution in [0, 0.1) is 12.3 Å². The quantitative estimate of drug-likeness (QED) is 0.529. The second-order valence-electron chi connectivity index (χ2n) is 2.52. The summed E-state index contributed by atoms with van der Waals surface area (Å²) in [6.07, 6.45) is 7.07. The Morgan fingerprint density at radius 3 is 2.83 bits per heavy atom. The molecule has 12 heavy (non-hydrogen) atoms. The Kier molecular flexibility index (Phi) is 1.53. The molecule has 0 atom stereocenters. The van der Waals surface area contributed by atoms with E-state index in [1.165, 1.54) is 0 Å². The Labute approximate surface area is 71.1 Å². The monoisotopic (exact) mass is 153 g/mol. The van der Waals surface area contributed by atoms with Crippen molar-refractivity contribution in [3.8, 4) is 12.3 Å². The average molecular weight is 153 g/mol. The van der Waals surface area contributed by atoms with Crippen LogP contribution in [-0.2, 0) is 0 Å². The molecule has 1 heterocycles. The second-order valence-corrected chi connectivity index (χ2v) is 2.52. The van der Waals surface area contributed by atoms with Crippen molar-refractivity contribution in [2.75, 3.05) is 0 Å². The van der Waals surface area contributed by atoms with Crippen molar-refractivity contribution in [1.82, 2.24) is 4.98 Å². The Hall–Kier alpha value is -1.81. The lowest BCUT2D eigenvalue weighted by Crippen LogP contribution is -1.81. The molecule has 0 amide bonds. The lowest BCUT2D eigenvalue weighted by Gasteiger charge is -1.97. The lowest BCUT2D eigenvalue weighted by atomic mass is 10.1. The standard InChI is InChI=1S/C11H7N/c1-2-9-7-8-12-11-6-4-3-5-10(9)11/h1,3-8H. The lowest BCUT2D eigenvalue weighted by molar-refractivity contribution is 1.40. The minimum Gasteiger partial charge on any atom is -0.256 e. The summed E-state index contributed by atoms with van der Waals surface area (Å²) < 4.78 is 0. The zero-order valence-corrected chi connectivity index (χ0v) is 6.49. The van der Waals surface area contributed by atoms with Crippen LogP contribution in [0.25, 0.3) is 10.9 Å². The highest BCUT2D eigenvalue weighted by molar-refractivity contribution is 5.84. The van der Waals surface area contributed by atoms with Gasteiger partial charge in [0.15, 0.2) is 0 Å². The Balaban J connectivity index is 2.91. The molecule has 0 fully saturated rings. The molecule has 0 saturated heterocycles. The van der Waals surface area contributed by atoms with Crippen molar-refractivity contribution in [2.45, 2.75) is 0 Å². The molecule has 2 rings (SSSR count). The third-order valence-electron chi connectivity index (χ3n) is 1.80. The average Bonchev–Trinajstić information content (AvgIpc) is 2.17. The molecule has 56 valence electrons. The molecule has 0 aliphatic rings. The van der Waals surface area contributed by atoms with Gasteiger partial charge >= 0.3 is 0 Å². The van der Waals surface area contributed by atoms with Gasteiger partial charge in [0, 0.05) is 17.1 Å². The van der Waals surface area contributed by atoms with Crippen molar-refractivity contribution in [3.05, 3.63) is 42.1 Å². The highest BCUT2D eigenvalue weighted by Gasteiger charge is 1.95. The molecule has 0 spiro atoms. The van der Waals surface area contributed by atoms with Crippen molar-refractivity contribution >= 4 is 10.9 Å². The SMILES string of the molecule is C#Cc1ccnc2ccccc12. The van der Waals surface area contributed by atoms with E-state index in [4.69, 9.17) is 6.42 Å². The Morgan fingerprint density at radius 2 is 2.00 bits per heavy atom. The summed E-state index contributed by atoms with van der Waals surface area (Å²) in [5.41, 5.74) is 1.86. The smallest absolute Gasteiger partial charge is 0.0714 e. The van der Waals surface area contributed by atoms with Gasteiger partial charge in [-0.3, -0.25) is 4.98 Å². The van der Waals surface area contributed by atoms with Crippen LogP contribution in [-0.4, -0.2) is 4.98 Å². The first kappa shape index (κ1) is 6.87. The number of fused-ring (bicyclic) bond motifs is 1. The van der Waals surface area contributed by atoms with Gasteiger partial charge in [-0.1, -0.05) is 24.1 Å². The first-order valence-electron chi connectivity index (χ1n) is 3.72. The largest absolute Gasteiger partial charge is 0.256 e. The summed E-state index contributed by atoms with van der Waals surface area (Å²) in [7, 11) is 0. The van der Waals surface area contributed by atoms with E-state index in [0.29, 0.717) is 0 Å². The number of hydrogen-bond donors (Lipinski definition) is 0. The number of hydrogen-bond acceptors (Lipinski definition) is 1. The highest BCUT2D eigenvalue weighted by Crippen LogP contribution is 2.14. The molecule has 0 radical (unpaired) electrons. The molecule has 0 saturated carbocycles. The van der Waals surface area contributed by atoms with Crippen LogP contribution in [0.4, 0.5) is 0 Å². The molecule has 0 unspecified atom stereocenters. The van der Waals surface area contributed by atoms with Crippen LogP contribution in [0.1, 0.15) is 5.56 Å². The maximum atomic E-state index is 5.34. The molecule has 1 aromatic carbocycles. The van der Waals surface area contributed by atoms with Crippen LogP contribution in [0.15, 0.2) is 36.5 Å². The number of nitrogens with zero attached hydrogens (tertiary/aromatic N) is 1. The zero-order chi connectivity index (χ0) is 8.39. The first-order valence-corrected chi connectivity index (χ1v) is 3.72. The van der Waals surface area contributed by atoms with Crippen LogP contribution in [0.5, 0.6) is 0 Å². The van der Waals surface area contributed by atoms with Gasteiger partial charge in [-0.05, 0) is 12.1 Å². The summed E-state index contributed by atoms with van der Waals surface area (Å²) in [4.78, 5) is 4.19. The minimum atomic E-state index is 0.903. The number of pyridine rings is 1. The van der Waals surface area contributed by atoms with Crippen molar-refractivity contribution < 1.29 is 0 Å². The van der Waals surface area contributed by atoms with Gasteiger partial charge < -0.3 is 0 Å². The normalized spacial score (nSPS) is 9.58. The van der Waals surface area contributed by atoms with E-state index in [-0.39, 0.29) is 0 Å². The van der Waals surface area contributed by atoms with E-state index in [1.807, 2.05) is 30.3 Å². The van der Waals surface area contributed by atoms with Gasteiger partial charge in [-0.15, -0.1) is 6.42 Å². The topological polar surface area (TPSA) is 12.9 Å². The molecule has 1 aromatic heterocycles. The van der Waals surface area contributed by atoms with Gasteiger partial charge in [0.05, 0.1) is 5.52 Å². The van der Waals surface area contributed by atoms with Gasteiger partial charge in [0.25, 0.3) is 0 Å². The maximum Gasteiger partial charge on any atom is 0.0714 e. The minimum absolute atomic E-state index is 0.903. The molecular weight excluding hydrogens is 146 g/mol. The van der Waals surface area contributed by atoms with Crippen molar-refractivity contribution in [2.24, 2.45) is 0 Å². The maximum absolute atomic E-state index is 5.34. The van der Waals surface area contributed by atoms with Crippen LogP contribution < -0.4 is 0 Å². The third kappa shape index (κ3) is 0.943. The fraction of sp³-hybridized carbons (Fsp3) is 0. The summed E-state index contributed by atoms with van der Waals surface area (Å²) in [5, 5.41) is 1.04. The van der Waals surface area contributed by atoms with Crippen molar-refractivity contribution in [1.29, 1.82) is 0 Å². The predicted octanol–water partition coefficient (Wildman–Crippen LogP) is 2.22. The van der Waals surface area contributed by atoms with Gasteiger partial charge in [-0.25, -0.2) is 0 Å². The van der Waals surface area contributed by atoms with E-state index >= 15 is 0 Å². The Bertz CT molecular complexity index is 447. The van der Waals surface area contributed by atoms with Crippen LogP contribution in [0.2, 0.25) is 0 Å². The van der Waals surface area contributed by atoms with E-state index in [0.717, 1.165) is 16.5 Å². The Morgan fingerprint density at radius 1 is 1.17 bits per heavy atom. The molecule has 1 nitrogen and oxygen atoms in total. The van der Waals surface area contributed by atoms with E-state index in [9.17, 15) is 0 Å². The fourth-order valence-electron chi connectivity index (χ4n) is 1.22. The highest BCUT2D eigenvalue weighted by atomic mass is 14.6. The van der Waals surface area contributed by atoms with Gasteiger partial charge in [0.1, 0.15) is 0 Å². The molecule has 2 aromatic rings. The van der Waals surface area contributed by atoms with Gasteiger partial charge in [0.2, 0.25) is 0 Å². The van der Waals surface area contributed by atoms with Crippen LogP contribution >= 0.6 is 0 Å². The summed E-state index contributed by atoms with van der Waals surface area (Å²) in [6, 6.07) is 9.70. The molecule has 0 bridgehead atoms.